The highest BCUT2D eigenvalue weighted by atomic mass is 16.5. The van der Waals surface area contributed by atoms with Crippen LogP contribution in [-0.4, -0.2) is 12.1 Å². The summed E-state index contributed by atoms with van der Waals surface area (Å²) in [5, 5.41) is 0. The van der Waals surface area contributed by atoms with Crippen LogP contribution in [0.5, 0.6) is 0 Å². The van der Waals surface area contributed by atoms with Crippen molar-refractivity contribution in [1.29, 1.82) is 0 Å². The second-order valence-corrected chi connectivity index (χ2v) is 5.09. The van der Waals surface area contributed by atoms with Gasteiger partial charge in [0.1, 0.15) is 5.92 Å². The first kappa shape index (κ1) is 12.0. The summed E-state index contributed by atoms with van der Waals surface area (Å²) in [7, 11) is 0. The Bertz CT molecular complexity index is 583. The molecular weight excluding hydrogens is 236 g/mol. The normalized spacial score (nSPS) is 13.2. The average molecular weight is 252 g/mol. The van der Waals surface area contributed by atoms with E-state index in [4.69, 9.17) is 4.74 Å². The molecule has 0 N–H and O–H groups in total. The van der Waals surface area contributed by atoms with E-state index in [1.807, 2.05) is 50.2 Å². The van der Waals surface area contributed by atoms with Crippen molar-refractivity contribution < 1.29 is 9.53 Å². The topological polar surface area (TPSA) is 26.3 Å². The first-order chi connectivity index (χ1) is 9.18. The Balaban J connectivity index is 2.12. The minimum atomic E-state index is -0.283. The standard InChI is InChI=1S/C17H16O2/c1-11(2)19-17(18)16-14-9-5-3-7-12(14)13-8-4-6-10-15(13)16/h3-11,16H,1-2H3. The van der Waals surface area contributed by atoms with E-state index in [-0.39, 0.29) is 18.0 Å². The van der Waals surface area contributed by atoms with Gasteiger partial charge in [0.2, 0.25) is 0 Å². The Labute approximate surface area is 113 Å². The molecule has 0 spiro atoms. The molecule has 0 amide bonds. The predicted molar refractivity (Wildman–Crippen MR) is 74.9 cm³/mol. The molecule has 0 aromatic heterocycles. The number of carbonyl (C=O) groups is 1. The number of fused-ring (bicyclic) bond motifs is 3. The van der Waals surface area contributed by atoms with Gasteiger partial charge < -0.3 is 4.74 Å². The molecule has 0 fully saturated rings. The van der Waals surface area contributed by atoms with E-state index in [9.17, 15) is 4.79 Å². The Morgan fingerprint density at radius 1 is 0.947 bits per heavy atom. The molecule has 0 heterocycles. The zero-order valence-corrected chi connectivity index (χ0v) is 11.1. The third-order valence-corrected chi connectivity index (χ3v) is 3.42. The van der Waals surface area contributed by atoms with Crippen LogP contribution in [0, 0.1) is 0 Å². The van der Waals surface area contributed by atoms with Crippen molar-refractivity contribution in [3.63, 3.8) is 0 Å². The Kier molecular flexibility index (Phi) is 2.86. The van der Waals surface area contributed by atoms with Gasteiger partial charge in [-0.2, -0.15) is 0 Å². The van der Waals surface area contributed by atoms with Gasteiger partial charge in [-0.1, -0.05) is 48.5 Å². The van der Waals surface area contributed by atoms with Crippen molar-refractivity contribution >= 4 is 5.97 Å². The van der Waals surface area contributed by atoms with E-state index in [1.165, 1.54) is 0 Å². The summed E-state index contributed by atoms with van der Waals surface area (Å²) in [6, 6.07) is 16.1. The molecule has 0 saturated heterocycles. The minimum Gasteiger partial charge on any atom is -0.462 e. The van der Waals surface area contributed by atoms with Crippen molar-refractivity contribution in [2.75, 3.05) is 0 Å². The zero-order chi connectivity index (χ0) is 13.4. The van der Waals surface area contributed by atoms with E-state index in [0.717, 1.165) is 22.3 Å². The van der Waals surface area contributed by atoms with Crippen LogP contribution >= 0.6 is 0 Å². The number of esters is 1. The maximum absolute atomic E-state index is 12.4. The highest BCUT2D eigenvalue weighted by Gasteiger charge is 2.34. The summed E-state index contributed by atoms with van der Waals surface area (Å²) in [5.74, 6) is -0.442. The largest absolute Gasteiger partial charge is 0.462 e. The lowest BCUT2D eigenvalue weighted by molar-refractivity contribution is -0.148. The summed E-state index contributed by atoms with van der Waals surface area (Å²) in [6.45, 7) is 3.76. The summed E-state index contributed by atoms with van der Waals surface area (Å²) in [6.07, 6.45) is -0.0903. The second-order valence-electron chi connectivity index (χ2n) is 5.09. The van der Waals surface area contributed by atoms with E-state index < -0.39 is 0 Å². The quantitative estimate of drug-likeness (QED) is 0.761. The van der Waals surface area contributed by atoms with Crippen LogP contribution in [-0.2, 0) is 9.53 Å². The maximum Gasteiger partial charge on any atom is 0.318 e. The molecule has 0 aliphatic heterocycles. The molecule has 1 aliphatic carbocycles. The summed E-state index contributed by atoms with van der Waals surface area (Å²) in [4.78, 5) is 12.4. The Hall–Kier alpha value is -2.09. The van der Waals surface area contributed by atoms with Crippen LogP contribution in [0.2, 0.25) is 0 Å². The Morgan fingerprint density at radius 2 is 1.42 bits per heavy atom. The number of ether oxygens (including phenoxy) is 1. The molecule has 0 atom stereocenters. The smallest absolute Gasteiger partial charge is 0.318 e. The molecule has 0 bridgehead atoms. The van der Waals surface area contributed by atoms with Crippen LogP contribution in [0.1, 0.15) is 30.9 Å². The van der Waals surface area contributed by atoms with E-state index in [2.05, 4.69) is 12.1 Å². The van der Waals surface area contributed by atoms with Crippen LogP contribution in [0.25, 0.3) is 11.1 Å². The van der Waals surface area contributed by atoms with Gasteiger partial charge in [-0.05, 0) is 36.1 Å². The van der Waals surface area contributed by atoms with Gasteiger partial charge in [-0.25, -0.2) is 0 Å². The number of hydrogen-bond donors (Lipinski definition) is 0. The van der Waals surface area contributed by atoms with Crippen molar-refractivity contribution in [3.05, 3.63) is 59.7 Å². The van der Waals surface area contributed by atoms with Crippen LogP contribution in [0.3, 0.4) is 0 Å². The van der Waals surface area contributed by atoms with Gasteiger partial charge in [-0.15, -0.1) is 0 Å². The van der Waals surface area contributed by atoms with Crippen molar-refractivity contribution in [2.24, 2.45) is 0 Å². The molecule has 0 radical (unpaired) electrons. The average Bonchev–Trinajstić information content (AvgIpc) is 2.72. The second kappa shape index (κ2) is 4.54. The highest BCUT2D eigenvalue weighted by Crippen LogP contribution is 2.45. The third-order valence-electron chi connectivity index (χ3n) is 3.42. The molecule has 2 nitrogen and oxygen atoms in total. The fourth-order valence-electron chi connectivity index (χ4n) is 2.71. The molecule has 0 unspecified atom stereocenters. The van der Waals surface area contributed by atoms with Gasteiger partial charge in [0.05, 0.1) is 6.10 Å². The molecule has 0 saturated carbocycles. The lowest BCUT2D eigenvalue weighted by atomic mass is 9.97. The SMILES string of the molecule is CC(C)OC(=O)C1c2ccccc2-c2ccccc21. The highest BCUT2D eigenvalue weighted by molar-refractivity contribution is 5.93. The van der Waals surface area contributed by atoms with Crippen LogP contribution in [0.15, 0.2) is 48.5 Å². The van der Waals surface area contributed by atoms with Gasteiger partial charge in [0.25, 0.3) is 0 Å². The molecule has 2 aromatic carbocycles. The van der Waals surface area contributed by atoms with Crippen LogP contribution in [0.4, 0.5) is 0 Å². The zero-order valence-electron chi connectivity index (χ0n) is 11.1. The molecular formula is C17H16O2. The van der Waals surface area contributed by atoms with Gasteiger partial charge >= 0.3 is 5.97 Å². The first-order valence-corrected chi connectivity index (χ1v) is 6.57. The lowest BCUT2D eigenvalue weighted by Gasteiger charge is -2.15. The van der Waals surface area contributed by atoms with Crippen molar-refractivity contribution in [3.8, 4) is 11.1 Å². The molecule has 2 heteroatoms. The third kappa shape index (κ3) is 1.93. The van der Waals surface area contributed by atoms with Crippen LogP contribution < -0.4 is 0 Å². The fraction of sp³-hybridized carbons (Fsp3) is 0.235. The van der Waals surface area contributed by atoms with Gasteiger partial charge in [-0.3, -0.25) is 4.79 Å². The maximum atomic E-state index is 12.4. The minimum absolute atomic E-state index is 0.0903. The summed E-state index contributed by atoms with van der Waals surface area (Å²) >= 11 is 0. The lowest BCUT2D eigenvalue weighted by Crippen LogP contribution is -2.19. The monoisotopic (exact) mass is 252 g/mol. The number of hydrogen-bond acceptors (Lipinski definition) is 2. The molecule has 19 heavy (non-hydrogen) atoms. The number of benzene rings is 2. The van der Waals surface area contributed by atoms with Gasteiger partial charge in [0, 0.05) is 0 Å². The predicted octanol–water partition coefficient (Wildman–Crippen LogP) is 3.75. The number of rotatable bonds is 2. The molecule has 3 rings (SSSR count). The van der Waals surface area contributed by atoms with Crippen molar-refractivity contribution in [2.45, 2.75) is 25.9 Å². The fourth-order valence-corrected chi connectivity index (χ4v) is 2.71. The molecule has 1 aliphatic rings. The van der Waals surface area contributed by atoms with Gasteiger partial charge in [0.15, 0.2) is 0 Å². The number of carbonyl (C=O) groups excluding carboxylic acids is 1. The molecule has 2 aromatic rings. The van der Waals surface area contributed by atoms with Crippen molar-refractivity contribution in [1.82, 2.24) is 0 Å². The first-order valence-electron chi connectivity index (χ1n) is 6.57. The van der Waals surface area contributed by atoms with E-state index in [1.54, 1.807) is 0 Å². The summed E-state index contributed by atoms with van der Waals surface area (Å²) in [5.41, 5.74) is 4.39. The molecule has 96 valence electrons. The van der Waals surface area contributed by atoms with E-state index >= 15 is 0 Å². The van der Waals surface area contributed by atoms with E-state index in [0.29, 0.717) is 0 Å². The summed E-state index contributed by atoms with van der Waals surface area (Å²) < 4.78 is 5.41. The Morgan fingerprint density at radius 3 is 1.89 bits per heavy atom.